The third-order valence-corrected chi connectivity index (χ3v) is 7.43. The van der Waals surface area contributed by atoms with Crippen LogP contribution in [-0.2, 0) is 35.2 Å². The Hall–Kier alpha value is -3.96. The summed E-state index contributed by atoms with van der Waals surface area (Å²) in [7, 11) is 0. The Morgan fingerprint density at radius 3 is 1.82 bits per heavy atom. The van der Waals surface area contributed by atoms with Crippen molar-refractivity contribution in [3.8, 4) is 0 Å². The molecule has 0 aliphatic heterocycles. The molecule has 0 unspecified atom stereocenters. The van der Waals surface area contributed by atoms with Gasteiger partial charge < -0.3 is 32.1 Å². The van der Waals surface area contributed by atoms with Gasteiger partial charge in [-0.05, 0) is 25.3 Å². The second kappa shape index (κ2) is 23.4. The molecule has 0 aliphatic rings. The van der Waals surface area contributed by atoms with Gasteiger partial charge in [-0.25, -0.2) is 4.79 Å². The SMILES string of the molecule is CCCCCCCCCCCCCC(=O)NCC(=O)N[C@@H](C)C(=O)N[C@@H](CCC(N)=O)C(=O)N[C@@H](Cc1ccccc1)C(=O)O. The predicted octanol–water partition coefficient (Wildman–Crippen LogP) is 2.87. The highest BCUT2D eigenvalue weighted by Gasteiger charge is 2.28. The third kappa shape index (κ3) is 19.1. The maximum atomic E-state index is 13.0. The number of unbranched alkanes of at least 4 members (excludes halogenated alkanes) is 10. The summed E-state index contributed by atoms with van der Waals surface area (Å²) in [5.41, 5.74) is 5.90. The van der Waals surface area contributed by atoms with Crippen molar-refractivity contribution in [2.75, 3.05) is 6.54 Å². The number of aliphatic carboxylic acids is 1. The number of benzene rings is 1. The van der Waals surface area contributed by atoms with Crippen LogP contribution < -0.4 is 27.0 Å². The molecular formula is C33H53N5O7. The van der Waals surface area contributed by atoms with Crippen LogP contribution in [0.25, 0.3) is 0 Å². The van der Waals surface area contributed by atoms with Crippen LogP contribution >= 0.6 is 0 Å². The molecule has 12 nitrogen and oxygen atoms in total. The molecule has 0 aliphatic carbocycles. The van der Waals surface area contributed by atoms with E-state index in [9.17, 15) is 33.9 Å². The highest BCUT2D eigenvalue weighted by molar-refractivity contribution is 5.94. The molecule has 1 aromatic carbocycles. The first-order valence-electron chi connectivity index (χ1n) is 16.2. The van der Waals surface area contributed by atoms with Crippen LogP contribution in [0, 0.1) is 0 Å². The number of hydrogen-bond acceptors (Lipinski definition) is 6. The summed E-state index contributed by atoms with van der Waals surface area (Å²) in [4.78, 5) is 73.4. The summed E-state index contributed by atoms with van der Waals surface area (Å²) in [5, 5.41) is 19.5. The second-order valence-electron chi connectivity index (χ2n) is 11.5. The van der Waals surface area contributed by atoms with Crippen LogP contribution in [0.4, 0.5) is 0 Å². The normalized spacial score (nSPS) is 12.8. The van der Waals surface area contributed by atoms with Gasteiger partial charge in [-0.3, -0.25) is 24.0 Å². The fraction of sp³-hybridized carbons (Fsp3) is 0.636. The van der Waals surface area contributed by atoms with Crippen molar-refractivity contribution >= 4 is 35.5 Å². The fourth-order valence-corrected chi connectivity index (χ4v) is 4.75. The van der Waals surface area contributed by atoms with Crippen LogP contribution in [0.2, 0.25) is 0 Å². The number of carboxylic acid groups (broad SMARTS) is 1. The minimum atomic E-state index is -1.28. The summed E-state index contributed by atoms with van der Waals surface area (Å²) in [6, 6.07) is 5.08. The Bertz CT molecular complexity index is 1070. The van der Waals surface area contributed by atoms with Crippen molar-refractivity contribution in [2.24, 2.45) is 5.73 Å². The van der Waals surface area contributed by atoms with Crippen molar-refractivity contribution in [3.63, 3.8) is 0 Å². The molecule has 0 aromatic heterocycles. The van der Waals surface area contributed by atoms with Gasteiger partial charge in [0.15, 0.2) is 0 Å². The van der Waals surface area contributed by atoms with E-state index in [4.69, 9.17) is 5.73 Å². The average Bonchev–Trinajstić information content (AvgIpc) is 3.00. The number of carbonyl (C=O) groups excluding carboxylic acids is 5. The van der Waals surface area contributed by atoms with Gasteiger partial charge in [-0.15, -0.1) is 0 Å². The van der Waals surface area contributed by atoms with Gasteiger partial charge in [0.1, 0.15) is 18.1 Å². The van der Waals surface area contributed by atoms with E-state index in [1.807, 2.05) is 0 Å². The highest BCUT2D eigenvalue weighted by atomic mass is 16.4. The number of hydrogen-bond donors (Lipinski definition) is 6. The number of primary amides is 1. The van der Waals surface area contributed by atoms with Gasteiger partial charge in [0.25, 0.3) is 0 Å². The molecule has 252 valence electrons. The summed E-state index contributed by atoms with van der Waals surface area (Å²) < 4.78 is 0. The Labute approximate surface area is 267 Å². The average molecular weight is 632 g/mol. The molecule has 0 fully saturated rings. The number of carbonyl (C=O) groups is 6. The molecule has 1 rings (SSSR count). The smallest absolute Gasteiger partial charge is 0.326 e. The van der Waals surface area contributed by atoms with E-state index < -0.39 is 47.7 Å². The topological polar surface area (TPSA) is 197 Å². The maximum Gasteiger partial charge on any atom is 0.326 e. The molecule has 0 saturated carbocycles. The predicted molar refractivity (Wildman–Crippen MR) is 172 cm³/mol. The van der Waals surface area contributed by atoms with E-state index in [1.165, 1.54) is 51.9 Å². The molecule has 3 atom stereocenters. The largest absolute Gasteiger partial charge is 0.480 e. The minimum Gasteiger partial charge on any atom is -0.480 e. The second-order valence-corrected chi connectivity index (χ2v) is 11.5. The molecular weight excluding hydrogens is 578 g/mol. The number of rotatable bonds is 25. The molecule has 0 bridgehead atoms. The lowest BCUT2D eigenvalue weighted by molar-refractivity contribution is -0.142. The Morgan fingerprint density at radius 2 is 1.27 bits per heavy atom. The van der Waals surface area contributed by atoms with Crippen molar-refractivity contribution < 1.29 is 33.9 Å². The van der Waals surface area contributed by atoms with E-state index in [0.29, 0.717) is 12.0 Å². The van der Waals surface area contributed by atoms with Crippen LogP contribution in [-0.4, -0.2) is 65.3 Å². The third-order valence-electron chi connectivity index (χ3n) is 7.43. The summed E-state index contributed by atoms with van der Waals surface area (Å²) in [6.07, 6.45) is 12.8. The summed E-state index contributed by atoms with van der Waals surface area (Å²) in [6.45, 7) is 3.31. The van der Waals surface area contributed by atoms with E-state index in [1.54, 1.807) is 30.3 Å². The van der Waals surface area contributed by atoms with Crippen molar-refractivity contribution in [3.05, 3.63) is 35.9 Å². The van der Waals surface area contributed by atoms with Crippen LogP contribution in [0.5, 0.6) is 0 Å². The van der Waals surface area contributed by atoms with Gasteiger partial charge in [0.2, 0.25) is 29.5 Å². The standard InChI is InChI=1S/C33H53N5O7/c1-3-4-5-6-7-8-9-10-11-12-16-19-29(40)35-23-30(41)36-24(2)31(42)37-26(20-21-28(34)39)32(43)38-27(33(44)45)22-25-17-14-13-15-18-25/h13-15,17-18,24,26-27H,3-12,16,19-23H2,1-2H3,(H2,34,39)(H,35,40)(H,36,41)(H,37,42)(H,38,43)(H,44,45)/t24-,26-,27-/m0/s1. The van der Waals surface area contributed by atoms with E-state index in [0.717, 1.165) is 25.7 Å². The first-order valence-corrected chi connectivity index (χ1v) is 16.2. The number of amides is 5. The van der Waals surface area contributed by atoms with Crippen molar-refractivity contribution in [2.45, 2.75) is 128 Å². The van der Waals surface area contributed by atoms with E-state index in [2.05, 4.69) is 28.2 Å². The lowest BCUT2D eigenvalue weighted by atomic mass is 10.0. The maximum absolute atomic E-state index is 13.0. The Morgan fingerprint density at radius 1 is 0.711 bits per heavy atom. The van der Waals surface area contributed by atoms with Gasteiger partial charge >= 0.3 is 5.97 Å². The molecule has 45 heavy (non-hydrogen) atoms. The first-order chi connectivity index (χ1) is 21.5. The van der Waals surface area contributed by atoms with Crippen LogP contribution in [0.3, 0.4) is 0 Å². The first kappa shape index (κ1) is 39.1. The Balaban J connectivity index is 2.44. The summed E-state index contributed by atoms with van der Waals surface area (Å²) >= 11 is 0. The lowest BCUT2D eigenvalue weighted by Crippen LogP contribution is -2.56. The molecule has 12 heteroatoms. The van der Waals surface area contributed by atoms with Gasteiger partial charge in [0.05, 0.1) is 6.54 Å². The zero-order valence-electron chi connectivity index (χ0n) is 26.9. The zero-order chi connectivity index (χ0) is 33.5. The Kier molecular flexibility index (Phi) is 20.3. The molecule has 0 heterocycles. The lowest BCUT2D eigenvalue weighted by Gasteiger charge is -2.23. The molecule has 0 radical (unpaired) electrons. The van der Waals surface area contributed by atoms with Gasteiger partial charge in [-0.2, -0.15) is 0 Å². The number of carboxylic acids is 1. The quantitative estimate of drug-likeness (QED) is 0.0892. The van der Waals surface area contributed by atoms with Crippen molar-refractivity contribution in [1.82, 2.24) is 21.3 Å². The molecule has 5 amide bonds. The minimum absolute atomic E-state index is 0.00976. The number of nitrogens with two attached hydrogens (primary N) is 1. The molecule has 1 aromatic rings. The molecule has 0 saturated heterocycles. The monoisotopic (exact) mass is 631 g/mol. The molecule has 7 N–H and O–H groups in total. The van der Waals surface area contributed by atoms with Crippen LogP contribution in [0.15, 0.2) is 30.3 Å². The van der Waals surface area contributed by atoms with E-state index in [-0.39, 0.29) is 31.7 Å². The van der Waals surface area contributed by atoms with Crippen molar-refractivity contribution in [1.29, 1.82) is 0 Å². The highest BCUT2D eigenvalue weighted by Crippen LogP contribution is 2.12. The zero-order valence-corrected chi connectivity index (χ0v) is 26.9. The van der Waals surface area contributed by atoms with Crippen LogP contribution in [0.1, 0.15) is 109 Å². The fourth-order valence-electron chi connectivity index (χ4n) is 4.75. The van der Waals surface area contributed by atoms with E-state index >= 15 is 0 Å². The van der Waals surface area contributed by atoms with Gasteiger partial charge in [0, 0.05) is 19.3 Å². The van der Waals surface area contributed by atoms with Gasteiger partial charge in [-0.1, -0.05) is 101 Å². The molecule has 0 spiro atoms. The summed E-state index contributed by atoms with van der Waals surface area (Å²) in [5.74, 6) is -4.33. The number of nitrogens with one attached hydrogen (secondary N) is 4.